The van der Waals surface area contributed by atoms with Gasteiger partial charge < -0.3 is 0 Å². The summed E-state index contributed by atoms with van der Waals surface area (Å²) in [7, 11) is 0. The molecule has 0 aliphatic rings. The van der Waals surface area contributed by atoms with Crippen LogP contribution in [0, 0.1) is 0 Å². The minimum absolute atomic E-state index is 0.252. The van der Waals surface area contributed by atoms with Gasteiger partial charge in [0.05, 0.1) is 0 Å². The molecule has 2 nitrogen and oxygen atoms in total. The summed E-state index contributed by atoms with van der Waals surface area (Å²) in [5.74, 6) is -4.94. The molecule has 0 aliphatic heterocycles. The number of halogens is 5. The SMILES string of the molecule is CCCCC[O][Sn](=[O])[C](F)(F)C(F)(F)C(C)F. The van der Waals surface area contributed by atoms with Crippen LogP contribution in [0.2, 0.25) is 0 Å². The Morgan fingerprint density at radius 2 is 1.76 bits per heavy atom. The first-order valence-electron chi connectivity index (χ1n) is 5.24. The van der Waals surface area contributed by atoms with Crippen LogP contribution in [0.25, 0.3) is 0 Å². The zero-order chi connectivity index (χ0) is 13.7. The van der Waals surface area contributed by atoms with E-state index in [-0.39, 0.29) is 6.61 Å². The van der Waals surface area contributed by atoms with Crippen molar-refractivity contribution in [3.63, 3.8) is 0 Å². The topological polar surface area (TPSA) is 26.3 Å². The van der Waals surface area contributed by atoms with Gasteiger partial charge in [0.25, 0.3) is 0 Å². The average molecular weight is 369 g/mol. The van der Waals surface area contributed by atoms with Gasteiger partial charge >= 0.3 is 104 Å². The molecule has 0 aromatic heterocycles. The van der Waals surface area contributed by atoms with Crippen LogP contribution in [0.1, 0.15) is 33.1 Å². The van der Waals surface area contributed by atoms with Crippen molar-refractivity contribution in [2.45, 2.75) is 49.1 Å². The molecule has 0 heterocycles. The standard InChI is InChI=1S/C5H11O.C4H4F5.O.Sn/c1-2-3-4-5-6;1-2(5)4(8,9)3(6)7;;/h2-5H2,1H3;2H,1H3;;/q-1;;;+1. The zero-order valence-corrected chi connectivity index (χ0v) is 12.5. The first-order chi connectivity index (χ1) is 7.67. The van der Waals surface area contributed by atoms with Gasteiger partial charge in [0.15, 0.2) is 0 Å². The second-order valence-corrected chi connectivity index (χ2v) is 7.91. The fourth-order valence-electron chi connectivity index (χ4n) is 0.993. The maximum absolute atomic E-state index is 13.0. The predicted molar refractivity (Wildman–Crippen MR) is 52.4 cm³/mol. The van der Waals surface area contributed by atoms with Crippen molar-refractivity contribution in [1.82, 2.24) is 0 Å². The van der Waals surface area contributed by atoms with Crippen molar-refractivity contribution in [2.75, 3.05) is 6.61 Å². The van der Waals surface area contributed by atoms with Gasteiger partial charge in [0, 0.05) is 0 Å². The Kier molecular flexibility index (Phi) is 7.05. The van der Waals surface area contributed by atoms with E-state index in [4.69, 9.17) is 0 Å². The van der Waals surface area contributed by atoms with Crippen molar-refractivity contribution in [3.8, 4) is 0 Å². The second kappa shape index (κ2) is 6.96. The van der Waals surface area contributed by atoms with Crippen molar-refractivity contribution < 1.29 is 28.1 Å². The van der Waals surface area contributed by atoms with Crippen molar-refractivity contribution in [3.05, 3.63) is 0 Å². The Hall–Kier alpha value is 0.209. The molecule has 0 rings (SSSR count). The summed E-state index contributed by atoms with van der Waals surface area (Å²) >= 11 is -5.31. The molecule has 1 unspecified atom stereocenters. The van der Waals surface area contributed by atoms with Crippen molar-refractivity contribution >= 4 is 20.2 Å². The van der Waals surface area contributed by atoms with Crippen molar-refractivity contribution in [1.29, 1.82) is 0 Å². The molecule has 0 saturated carbocycles. The van der Waals surface area contributed by atoms with E-state index in [9.17, 15) is 25.0 Å². The fourth-order valence-corrected chi connectivity index (χ4v) is 3.80. The van der Waals surface area contributed by atoms with Crippen LogP contribution in [0.4, 0.5) is 22.0 Å². The molecule has 17 heavy (non-hydrogen) atoms. The molecule has 102 valence electrons. The maximum atomic E-state index is 13.0. The monoisotopic (exact) mass is 370 g/mol. The van der Waals surface area contributed by atoms with Crippen LogP contribution in [0.5, 0.6) is 0 Å². The summed E-state index contributed by atoms with van der Waals surface area (Å²) < 4.78 is 74.5. The van der Waals surface area contributed by atoms with E-state index in [1.165, 1.54) is 0 Å². The summed E-state index contributed by atoms with van der Waals surface area (Å²) in [6, 6.07) is 0. The summed E-state index contributed by atoms with van der Waals surface area (Å²) in [5, 5.41) is 0. The van der Waals surface area contributed by atoms with E-state index in [1.54, 1.807) is 0 Å². The van der Waals surface area contributed by atoms with E-state index in [0.717, 1.165) is 6.42 Å². The van der Waals surface area contributed by atoms with Gasteiger partial charge in [-0.1, -0.05) is 0 Å². The Balaban J connectivity index is 4.44. The van der Waals surface area contributed by atoms with E-state index in [2.05, 4.69) is 3.07 Å². The Morgan fingerprint density at radius 3 is 2.18 bits per heavy atom. The molecule has 0 amide bonds. The molecule has 0 N–H and O–H groups in total. The van der Waals surface area contributed by atoms with E-state index >= 15 is 0 Å². The van der Waals surface area contributed by atoms with Gasteiger partial charge in [-0.05, 0) is 0 Å². The van der Waals surface area contributed by atoms with E-state index in [0.29, 0.717) is 19.8 Å². The fraction of sp³-hybridized carbons (Fsp3) is 1.00. The summed E-state index contributed by atoms with van der Waals surface area (Å²) in [6.07, 6.45) is -1.25. The third-order valence-corrected chi connectivity index (χ3v) is 5.90. The van der Waals surface area contributed by atoms with Crippen LogP contribution < -0.4 is 0 Å². The predicted octanol–water partition coefficient (Wildman–Crippen LogP) is 3.28. The molecule has 0 fully saturated rings. The molecular formula is C9H15F5O2Sn. The summed E-state index contributed by atoms with van der Waals surface area (Å²) in [6.45, 7) is 1.91. The zero-order valence-electron chi connectivity index (χ0n) is 9.61. The molecule has 0 saturated heterocycles. The first-order valence-corrected chi connectivity index (χ1v) is 9.00. The molecular weight excluding hydrogens is 354 g/mol. The third kappa shape index (κ3) is 4.42. The second-order valence-electron chi connectivity index (χ2n) is 3.66. The summed E-state index contributed by atoms with van der Waals surface area (Å²) in [4.78, 5) is 0. The Labute approximate surface area is 104 Å². The van der Waals surface area contributed by atoms with Gasteiger partial charge in [-0.25, -0.2) is 0 Å². The minimum atomic E-state index is -5.31. The van der Waals surface area contributed by atoms with Gasteiger partial charge in [-0.2, -0.15) is 0 Å². The summed E-state index contributed by atoms with van der Waals surface area (Å²) in [5.41, 5.74) is 0. The quantitative estimate of drug-likeness (QED) is 0.373. The number of hydrogen-bond donors (Lipinski definition) is 0. The number of rotatable bonds is 8. The third-order valence-electron chi connectivity index (χ3n) is 2.16. The first kappa shape index (κ1) is 17.2. The van der Waals surface area contributed by atoms with Crippen LogP contribution in [-0.2, 0) is 6.15 Å². The molecule has 8 heteroatoms. The van der Waals surface area contributed by atoms with Crippen LogP contribution in [0.15, 0.2) is 0 Å². The van der Waals surface area contributed by atoms with Crippen LogP contribution in [-0.4, -0.2) is 42.8 Å². The number of hydrogen-bond acceptors (Lipinski definition) is 2. The van der Waals surface area contributed by atoms with Crippen molar-refractivity contribution in [2.24, 2.45) is 0 Å². The van der Waals surface area contributed by atoms with E-state index < -0.39 is 36.2 Å². The molecule has 0 aliphatic carbocycles. The van der Waals surface area contributed by atoms with Gasteiger partial charge in [-0.3, -0.25) is 0 Å². The number of unbranched alkanes of at least 4 members (excludes halogenated alkanes) is 2. The Bertz CT molecular complexity index is 258. The molecule has 1 atom stereocenters. The number of alkyl halides is 5. The van der Waals surface area contributed by atoms with E-state index in [1.807, 2.05) is 6.92 Å². The van der Waals surface area contributed by atoms with Crippen LogP contribution >= 0.6 is 0 Å². The van der Waals surface area contributed by atoms with Gasteiger partial charge in [0.1, 0.15) is 0 Å². The Morgan fingerprint density at radius 1 is 1.24 bits per heavy atom. The molecule has 0 bridgehead atoms. The normalized spacial score (nSPS) is 14.8. The van der Waals surface area contributed by atoms with Gasteiger partial charge in [0.2, 0.25) is 0 Å². The average Bonchev–Trinajstić information content (AvgIpc) is 2.23. The molecule has 0 spiro atoms. The molecule has 0 aromatic rings. The van der Waals surface area contributed by atoms with Crippen LogP contribution in [0.3, 0.4) is 0 Å². The molecule has 0 aromatic carbocycles. The molecule has 0 radical (unpaired) electrons. The van der Waals surface area contributed by atoms with Gasteiger partial charge in [-0.15, -0.1) is 0 Å².